The van der Waals surface area contributed by atoms with Crippen LogP contribution >= 0.6 is 11.6 Å². The fraction of sp³-hybridized carbons (Fsp3) is 0.474. The largest absolute Gasteiger partial charge is 0.453 e. The summed E-state index contributed by atoms with van der Waals surface area (Å²) in [7, 11) is -2.82. The normalized spacial score (nSPS) is 18.1. The van der Waals surface area contributed by atoms with E-state index in [2.05, 4.69) is 10.3 Å². The van der Waals surface area contributed by atoms with Gasteiger partial charge in [0.1, 0.15) is 11.4 Å². The summed E-state index contributed by atoms with van der Waals surface area (Å²) >= 11 is 6.13. The minimum absolute atomic E-state index is 0.00850. The smallest absolute Gasteiger partial charge is 0.410 e. The number of aromatic nitrogens is 1. The zero-order chi connectivity index (χ0) is 38.4. The molecule has 0 aliphatic carbocycles. The van der Waals surface area contributed by atoms with E-state index in [0.29, 0.717) is 10.6 Å². The average molecular weight is 759 g/mol. The summed E-state index contributed by atoms with van der Waals surface area (Å²) in [6.45, 7) is 10.9. The number of sulfonamides is 1. The maximum atomic E-state index is 15.7. The molecule has 0 bridgehead atoms. The van der Waals surface area contributed by atoms with Gasteiger partial charge in [0.05, 0.1) is 24.2 Å². The van der Waals surface area contributed by atoms with E-state index in [1.165, 1.54) is 34.6 Å². The molecule has 1 saturated heterocycles. The number of rotatable bonds is 12. The van der Waals surface area contributed by atoms with Gasteiger partial charge in [0, 0.05) is 48.7 Å². The van der Waals surface area contributed by atoms with E-state index in [9.17, 15) is 22.8 Å². The lowest BCUT2D eigenvalue weighted by atomic mass is 9.79. The molecule has 11 nitrogen and oxygen atoms in total. The second kappa shape index (κ2) is 17.2. The molecule has 282 valence electrons. The quantitative estimate of drug-likeness (QED) is 0.214. The standard InChI is InChI=1S/C38H48ClFN4O7S/c1-24(2)34(26-13-15-28(39)16-14-26)35(42-36(46)50-7)33(45)19-27-20-41-21-32(40)31(27)18-17-29-23-43(37(47)51-38(4,5)6)22-25(3)44(29)52(48,49)30-11-9-8-10-12-30/h8-16,20-21,24-25,29,34-35H,17-19,22-23H2,1-7H3,(H,42,46)/t25-,29-,34+,35+/m0/s1. The molecule has 4 atom stereocenters. The van der Waals surface area contributed by atoms with E-state index in [0.717, 1.165) is 11.8 Å². The monoisotopic (exact) mass is 758 g/mol. The number of methoxy groups -OCH3 is 1. The lowest BCUT2D eigenvalue weighted by Gasteiger charge is -2.44. The Morgan fingerprint density at radius 3 is 2.29 bits per heavy atom. The predicted molar refractivity (Wildman–Crippen MR) is 196 cm³/mol. The SMILES string of the molecule is COC(=O)N[C@H](C(=O)Cc1cncc(F)c1CC[C@H]1CN(C(=O)OC(C)(C)C)C[C@H](C)N1S(=O)(=O)c1ccccc1)[C@@H](c1ccc(Cl)cc1)C(C)C. The number of piperazine rings is 1. The summed E-state index contributed by atoms with van der Waals surface area (Å²) in [6, 6.07) is 12.6. The average Bonchev–Trinajstić information content (AvgIpc) is 3.07. The van der Waals surface area contributed by atoms with Gasteiger partial charge in [0.15, 0.2) is 5.78 Å². The molecule has 3 aromatic rings. The number of benzene rings is 2. The Morgan fingerprint density at radius 1 is 1.04 bits per heavy atom. The number of halogens is 2. The Morgan fingerprint density at radius 2 is 1.69 bits per heavy atom. The second-order valence-corrected chi connectivity index (χ2v) is 16.7. The van der Waals surface area contributed by atoms with Crippen molar-refractivity contribution < 1.29 is 36.7 Å². The van der Waals surface area contributed by atoms with Crippen molar-refractivity contribution in [1.82, 2.24) is 19.5 Å². The Hall–Kier alpha value is -4.07. The molecular weight excluding hydrogens is 711 g/mol. The third-order valence-electron chi connectivity index (χ3n) is 9.00. The number of ether oxygens (including phenoxy) is 2. The van der Waals surface area contributed by atoms with Crippen LogP contribution in [-0.4, -0.2) is 84.5 Å². The van der Waals surface area contributed by atoms with E-state index < -0.39 is 63.5 Å². The summed E-state index contributed by atoms with van der Waals surface area (Å²) in [5.41, 5.74) is 0.484. The number of nitrogens with zero attached hydrogens (tertiary/aromatic N) is 3. The number of amides is 2. The van der Waals surface area contributed by atoms with Gasteiger partial charge in [-0.05, 0) is 87.4 Å². The van der Waals surface area contributed by atoms with Gasteiger partial charge in [0.25, 0.3) is 0 Å². The molecule has 1 fully saturated rings. The predicted octanol–water partition coefficient (Wildman–Crippen LogP) is 6.78. The van der Waals surface area contributed by atoms with Gasteiger partial charge >= 0.3 is 12.2 Å². The molecule has 0 spiro atoms. The number of hydrogen-bond donors (Lipinski definition) is 1. The summed E-state index contributed by atoms with van der Waals surface area (Å²) < 4.78 is 55.7. The number of Topliss-reactive ketones (excluding diaryl/α,β-unsaturated/α-hetero) is 1. The number of hydrogen-bond acceptors (Lipinski definition) is 8. The summed E-state index contributed by atoms with van der Waals surface area (Å²) in [6.07, 6.45) is 0.949. The van der Waals surface area contributed by atoms with Crippen molar-refractivity contribution in [2.24, 2.45) is 5.92 Å². The van der Waals surface area contributed by atoms with Gasteiger partial charge in [-0.1, -0.05) is 55.8 Å². The van der Waals surface area contributed by atoms with E-state index >= 15 is 4.39 Å². The van der Waals surface area contributed by atoms with E-state index in [-0.39, 0.29) is 48.7 Å². The van der Waals surface area contributed by atoms with Crippen LogP contribution in [0.25, 0.3) is 0 Å². The van der Waals surface area contributed by atoms with Crippen LogP contribution < -0.4 is 5.32 Å². The molecular formula is C38H48ClFN4O7S. The van der Waals surface area contributed by atoms with Gasteiger partial charge in [-0.2, -0.15) is 4.31 Å². The molecule has 4 rings (SSSR count). The van der Waals surface area contributed by atoms with Crippen molar-refractivity contribution in [2.75, 3.05) is 20.2 Å². The first-order valence-corrected chi connectivity index (χ1v) is 19.0. The molecule has 0 saturated carbocycles. The maximum Gasteiger partial charge on any atom is 0.410 e. The minimum Gasteiger partial charge on any atom is -0.453 e. The molecule has 1 aliphatic heterocycles. The van der Waals surface area contributed by atoms with Gasteiger partial charge < -0.3 is 19.7 Å². The molecule has 2 heterocycles. The Labute approximate surface area is 310 Å². The van der Waals surface area contributed by atoms with Gasteiger partial charge in [-0.25, -0.2) is 22.4 Å². The highest BCUT2D eigenvalue weighted by molar-refractivity contribution is 7.89. The lowest BCUT2D eigenvalue weighted by molar-refractivity contribution is -0.121. The highest BCUT2D eigenvalue weighted by Crippen LogP contribution is 2.32. The van der Waals surface area contributed by atoms with Gasteiger partial charge in [0.2, 0.25) is 10.0 Å². The van der Waals surface area contributed by atoms with Crippen LogP contribution in [0.4, 0.5) is 14.0 Å². The van der Waals surface area contributed by atoms with Crippen molar-refractivity contribution >= 4 is 39.6 Å². The molecule has 0 unspecified atom stereocenters. The van der Waals surface area contributed by atoms with Crippen LogP contribution in [0.1, 0.15) is 70.6 Å². The van der Waals surface area contributed by atoms with Crippen molar-refractivity contribution in [1.29, 1.82) is 0 Å². The molecule has 2 aromatic carbocycles. The van der Waals surface area contributed by atoms with Crippen molar-refractivity contribution in [2.45, 2.75) is 95.3 Å². The third kappa shape index (κ3) is 10.1. The number of ketones is 1. The van der Waals surface area contributed by atoms with Crippen LogP contribution in [0.3, 0.4) is 0 Å². The lowest BCUT2D eigenvalue weighted by Crippen LogP contribution is -2.61. The zero-order valence-corrected chi connectivity index (χ0v) is 32.2. The number of nitrogens with one attached hydrogen (secondary N) is 1. The van der Waals surface area contributed by atoms with Crippen LogP contribution in [0, 0.1) is 11.7 Å². The van der Waals surface area contributed by atoms with Gasteiger partial charge in [-0.3, -0.25) is 9.78 Å². The first-order chi connectivity index (χ1) is 24.4. The fourth-order valence-corrected chi connectivity index (χ4v) is 8.73. The number of carbonyl (C=O) groups excluding carboxylic acids is 3. The van der Waals surface area contributed by atoms with Crippen LogP contribution in [0.5, 0.6) is 0 Å². The van der Waals surface area contributed by atoms with Crippen molar-refractivity contribution in [3.8, 4) is 0 Å². The minimum atomic E-state index is -4.03. The van der Waals surface area contributed by atoms with Crippen molar-refractivity contribution in [3.63, 3.8) is 0 Å². The summed E-state index contributed by atoms with van der Waals surface area (Å²) in [5.74, 6) is -1.65. The van der Waals surface area contributed by atoms with Crippen LogP contribution in [-0.2, 0) is 37.1 Å². The third-order valence-corrected chi connectivity index (χ3v) is 11.3. The van der Waals surface area contributed by atoms with Crippen molar-refractivity contribution in [3.05, 3.63) is 94.5 Å². The molecule has 14 heteroatoms. The Kier molecular flexibility index (Phi) is 13.4. The van der Waals surface area contributed by atoms with Gasteiger partial charge in [-0.15, -0.1) is 0 Å². The topological polar surface area (TPSA) is 135 Å². The second-order valence-electron chi connectivity index (χ2n) is 14.4. The first kappa shape index (κ1) is 40.7. The highest BCUT2D eigenvalue weighted by Gasteiger charge is 2.43. The molecule has 2 amide bonds. The molecule has 1 aliphatic rings. The fourth-order valence-electron chi connectivity index (χ4n) is 6.76. The number of carbonyl (C=O) groups is 3. The first-order valence-electron chi connectivity index (χ1n) is 17.2. The zero-order valence-electron chi connectivity index (χ0n) is 30.6. The van der Waals surface area contributed by atoms with Crippen LogP contribution in [0.2, 0.25) is 5.02 Å². The molecule has 1 aromatic heterocycles. The van der Waals surface area contributed by atoms with Crippen LogP contribution in [0.15, 0.2) is 71.9 Å². The number of pyridine rings is 1. The number of alkyl carbamates (subject to hydrolysis) is 1. The molecule has 52 heavy (non-hydrogen) atoms. The van der Waals surface area contributed by atoms with E-state index in [1.807, 2.05) is 13.8 Å². The Bertz CT molecular complexity index is 1820. The maximum absolute atomic E-state index is 15.7. The molecule has 0 radical (unpaired) electrons. The summed E-state index contributed by atoms with van der Waals surface area (Å²) in [4.78, 5) is 45.5. The van der Waals surface area contributed by atoms with E-state index in [4.69, 9.17) is 21.1 Å². The highest BCUT2D eigenvalue weighted by atomic mass is 35.5. The van der Waals surface area contributed by atoms with E-state index in [1.54, 1.807) is 70.2 Å². The summed E-state index contributed by atoms with van der Waals surface area (Å²) in [5, 5.41) is 3.21. The Balaban J connectivity index is 1.67. The molecule has 1 N–H and O–H groups in total.